The summed E-state index contributed by atoms with van der Waals surface area (Å²) in [5, 5.41) is 6.65. The summed E-state index contributed by atoms with van der Waals surface area (Å²) >= 11 is 0. The molecule has 2 N–H and O–H groups in total. The van der Waals surface area contributed by atoms with Gasteiger partial charge in [-0.3, -0.25) is 9.80 Å². The van der Waals surface area contributed by atoms with E-state index in [2.05, 4.69) is 20.4 Å². The Morgan fingerprint density at radius 1 is 0.909 bits per heavy atom. The van der Waals surface area contributed by atoms with Gasteiger partial charge in [-0.25, -0.2) is 0 Å². The Balaban J connectivity index is 1.71. The van der Waals surface area contributed by atoms with Crippen LogP contribution >= 0.6 is 0 Å². The van der Waals surface area contributed by atoms with Crippen LogP contribution < -0.4 is 10.6 Å². The van der Waals surface area contributed by atoms with E-state index < -0.39 is 0 Å². The third kappa shape index (κ3) is 1.90. The monoisotopic (exact) mass is 156 g/mol. The van der Waals surface area contributed by atoms with E-state index in [1.54, 1.807) is 0 Å². The first kappa shape index (κ1) is 7.49. The van der Waals surface area contributed by atoms with Crippen molar-refractivity contribution in [3.8, 4) is 0 Å². The highest BCUT2D eigenvalue weighted by Crippen LogP contribution is 1.98. The lowest BCUT2D eigenvalue weighted by Crippen LogP contribution is -2.36. The fraction of sp³-hybridized carbons (Fsp3) is 1.00. The molecular weight excluding hydrogens is 140 g/mol. The third-order valence-corrected chi connectivity index (χ3v) is 2.28. The average Bonchev–Trinajstić information content (AvgIpc) is 2.60. The first-order chi connectivity index (χ1) is 5.45. The SMILES string of the molecule is C1CN(CN2CCNC2)CN1. The van der Waals surface area contributed by atoms with Crippen molar-refractivity contribution in [1.29, 1.82) is 0 Å². The molecule has 2 fully saturated rings. The number of hydrogen-bond acceptors (Lipinski definition) is 4. The van der Waals surface area contributed by atoms with Crippen LogP contribution in [0.2, 0.25) is 0 Å². The summed E-state index contributed by atoms with van der Waals surface area (Å²) in [6.07, 6.45) is 0. The molecule has 0 amide bonds. The lowest BCUT2D eigenvalue weighted by atomic mass is 10.6. The van der Waals surface area contributed by atoms with E-state index in [0.717, 1.165) is 33.1 Å². The predicted octanol–water partition coefficient (Wildman–Crippen LogP) is -1.33. The fourth-order valence-electron chi connectivity index (χ4n) is 1.63. The lowest BCUT2D eigenvalue weighted by molar-refractivity contribution is 0.179. The zero-order valence-electron chi connectivity index (χ0n) is 6.84. The summed E-state index contributed by atoms with van der Waals surface area (Å²) in [4.78, 5) is 4.88. The molecule has 11 heavy (non-hydrogen) atoms. The van der Waals surface area contributed by atoms with Crippen molar-refractivity contribution in [2.75, 3.05) is 46.2 Å². The largest absolute Gasteiger partial charge is 0.303 e. The second-order valence-corrected chi connectivity index (χ2v) is 3.25. The first-order valence-electron chi connectivity index (χ1n) is 4.31. The van der Waals surface area contributed by atoms with E-state index >= 15 is 0 Å². The topological polar surface area (TPSA) is 30.5 Å². The van der Waals surface area contributed by atoms with E-state index in [4.69, 9.17) is 0 Å². The van der Waals surface area contributed by atoms with Gasteiger partial charge in [0.1, 0.15) is 0 Å². The Morgan fingerprint density at radius 3 is 1.82 bits per heavy atom. The van der Waals surface area contributed by atoms with Crippen molar-refractivity contribution >= 4 is 0 Å². The minimum absolute atomic E-state index is 1.07. The van der Waals surface area contributed by atoms with Crippen molar-refractivity contribution in [3.05, 3.63) is 0 Å². The van der Waals surface area contributed by atoms with Crippen LogP contribution in [0.15, 0.2) is 0 Å². The minimum atomic E-state index is 1.07. The molecule has 0 aromatic rings. The lowest BCUT2D eigenvalue weighted by Gasteiger charge is -2.21. The molecule has 4 nitrogen and oxygen atoms in total. The molecule has 2 rings (SSSR count). The predicted molar refractivity (Wildman–Crippen MR) is 44.0 cm³/mol. The highest BCUT2D eigenvalue weighted by molar-refractivity contribution is 4.70. The second kappa shape index (κ2) is 3.49. The minimum Gasteiger partial charge on any atom is -0.303 e. The molecule has 0 radical (unpaired) electrons. The summed E-state index contributed by atoms with van der Waals surface area (Å²) in [5.74, 6) is 0. The van der Waals surface area contributed by atoms with Gasteiger partial charge in [-0.1, -0.05) is 0 Å². The van der Waals surface area contributed by atoms with Crippen LogP contribution in [-0.2, 0) is 0 Å². The molecule has 0 unspecified atom stereocenters. The molecule has 0 aromatic heterocycles. The zero-order chi connectivity index (χ0) is 7.52. The van der Waals surface area contributed by atoms with Crippen molar-refractivity contribution in [2.24, 2.45) is 0 Å². The standard InChI is InChI=1S/C7H16N4/c1-3-10(5-8-1)7-11-4-2-9-6-11/h8-9H,1-7H2. The number of hydrogen-bond donors (Lipinski definition) is 2. The summed E-state index contributed by atoms with van der Waals surface area (Å²) in [6, 6.07) is 0. The van der Waals surface area contributed by atoms with Gasteiger partial charge in [0.25, 0.3) is 0 Å². The van der Waals surface area contributed by atoms with Crippen LogP contribution in [0.4, 0.5) is 0 Å². The Kier molecular flexibility index (Phi) is 2.38. The number of nitrogens with one attached hydrogen (secondary N) is 2. The smallest absolute Gasteiger partial charge is 0.0530 e. The van der Waals surface area contributed by atoms with Crippen molar-refractivity contribution < 1.29 is 0 Å². The molecule has 0 aromatic carbocycles. The molecule has 0 saturated carbocycles. The molecule has 2 saturated heterocycles. The molecule has 0 bridgehead atoms. The first-order valence-corrected chi connectivity index (χ1v) is 4.31. The third-order valence-electron chi connectivity index (χ3n) is 2.28. The highest BCUT2D eigenvalue weighted by atomic mass is 15.4. The maximum atomic E-state index is 3.33. The van der Waals surface area contributed by atoms with Crippen molar-refractivity contribution in [3.63, 3.8) is 0 Å². The summed E-state index contributed by atoms with van der Waals surface area (Å²) in [7, 11) is 0. The van der Waals surface area contributed by atoms with Gasteiger partial charge < -0.3 is 10.6 Å². The number of nitrogens with zero attached hydrogens (tertiary/aromatic N) is 2. The van der Waals surface area contributed by atoms with Crippen LogP contribution in [0, 0.1) is 0 Å². The molecular formula is C7H16N4. The van der Waals surface area contributed by atoms with E-state index in [1.807, 2.05) is 0 Å². The quantitative estimate of drug-likeness (QED) is 0.518. The van der Waals surface area contributed by atoms with Gasteiger partial charge in [-0.05, 0) is 0 Å². The molecule has 0 atom stereocenters. The highest BCUT2D eigenvalue weighted by Gasteiger charge is 2.16. The Labute approximate surface area is 67.5 Å². The summed E-state index contributed by atoms with van der Waals surface area (Å²) < 4.78 is 0. The van der Waals surface area contributed by atoms with Crippen molar-refractivity contribution in [2.45, 2.75) is 0 Å². The molecule has 2 aliphatic rings. The van der Waals surface area contributed by atoms with Gasteiger partial charge in [0.15, 0.2) is 0 Å². The van der Waals surface area contributed by atoms with E-state index in [9.17, 15) is 0 Å². The summed E-state index contributed by atoms with van der Waals surface area (Å²) in [6.45, 7) is 7.97. The van der Waals surface area contributed by atoms with Crippen molar-refractivity contribution in [1.82, 2.24) is 20.4 Å². The molecule has 2 heterocycles. The van der Waals surface area contributed by atoms with Gasteiger partial charge in [0.05, 0.1) is 6.67 Å². The number of rotatable bonds is 2. The molecule has 2 aliphatic heterocycles. The van der Waals surface area contributed by atoms with Gasteiger partial charge in [0.2, 0.25) is 0 Å². The fourth-order valence-corrected chi connectivity index (χ4v) is 1.63. The Hall–Kier alpha value is -0.160. The molecule has 0 spiro atoms. The van der Waals surface area contributed by atoms with E-state index in [0.29, 0.717) is 0 Å². The summed E-state index contributed by atoms with van der Waals surface area (Å²) in [5.41, 5.74) is 0. The Morgan fingerprint density at radius 2 is 1.45 bits per heavy atom. The zero-order valence-corrected chi connectivity index (χ0v) is 6.84. The maximum Gasteiger partial charge on any atom is 0.0530 e. The van der Waals surface area contributed by atoms with Gasteiger partial charge >= 0.3 is 0 Å². The van der Waals surface area contributed by atoms with Crippen LogP contribution in [0.1, 0.15) is 0 Å². The second-order valence-electron chi connectivity index (χ2n) is 3.25. The van der Waals surface area contributed by atoms with Crippen LogP contribution in [0.25, 0.3) is 0 Å². The van der Waals surface area contributed by atoms with Crippen LogP contribution in [0.5, 0.6) is 0 Å². The molecule has 64 valence electrons. The molecule has 0 aliphatic carbocycles. The van der Waals surface area contributed by atoms with Crippen LogP contribution in [-0.4, -0.2) is 56.0 Å². The normalized spacial score (nSPS) is 28.4. The maximum absolute atomic E-state index is 3.33. The Bertz CT molecular complexity index is 102. The van der Waals surface area contributed by atoms with Crippen LogP contribution in [0.3, 0.4) is 0 Å². The van der Waals surface area contributed by atoms with E-state index in [-0.39, 0.29) is 0 Å². The van der Waals surface area contributed by atoms with E-state index in [1.165, 1.54) is 13.1 Å². The average molecular weight is 156 g/mol. The molecule has 4 heteroatoms. The van der Waals surface area contributed by atoms with Gasteiger partial charge in [-0.15, -0.1) is 0 Å². The van der Waals surface area contributed by atoms with Gasteiger partial charge in [-0.2, -0.15) is 0 Å². The van der Waals surface area contributed by atoms with Gasteiger partial charge in [0, 0.05) is 39.5 Å².